The second kappa shape index (κ2) is 10.2. The average Bonchev–Trinajstić information content (AvgIpc) is 2.19. The minimum Gasteiger partial charge on any atom is -0.679 e. The normalized spacial score (nSPS) is 7.86. The maximum absolute atomic E-state index is 10.1. The van der Waals surface area contributed by atoms with Crippen LogP contribution in [0.3, 0.4) is 0 Å². The van der Waals surface area contributed by atoms with Crippen molar-refractivity contribution in [1.29, 1.82) is 0 Å². The number of hydrogen-bond acceptors (Lipinski definition) is 2. The fraction of sp³-hybridized carbons (Fsp3) is 0.222. The van der Waals surface area contributed by atoms with Gasteiger partial charge in [-0.1, -0.05) is 12.1 Å². The average molecular weight is 239 g/mol. The Morgan fingerprint density at radius 2 is 1.71 bits per heavy atom. The number of benzene rings is 1. The van der Waals surface area contributed by atoms with Crippen LogP contribution in [0.4, 0.5) is 0 Å². The van der Waals surface area contributed by atoms with Gasteiger partial charge >= 0.3 is 16.5 Å². The van der Waals surface area contributed by atoms with Crippen LogP contribution in [0.15, 0.2) is 24.3 Å². The predicted molar refractivity (Wildman–Crippen MR) is 51.9 cm³/mol. The fourth-order valence-electron chi connectivity index (χ4n) is 0.587. The first-order valence-corrected chi connectivity index (χ1v) is 3.78. The van der Waals surface area contributed by atoms with Crippen LogP contribution in [0, 0.1) is 0 Å². The van der Waals surface area contributed by atoms with Crippen LogP contribution in [0.25, 0.3) is 11.5 Å². The van der Waals surface area contributed by atoms with E-state index in [1.54, 1.807) is 18.2 Å². The van der Waals surface area contributed by atoms with Crippen molar-refractivity contribution in [3.63, 3.8) is 0 Å². The van der Waals surface area contributed by atoms with Crippen LogP contribution in [0.5, 0.6) is 5.75 Å². The van der Waals surface area contributed by atoms with E-state index in [-0.39, 0.29) is 35.3 Å². The topological polar surface area (TPSA) is 84.9 Å². The maximum Gasteiger partial charge on any atom is 2.00 e. The summed E-state index contributed by atoms with van der Waals surface area (Å²) in [6, 6.07) is 6.40. The number of para-hydroxylation sites is 1. The molecule has 0 aliphatic carbocycles. The van der Waals surface area contributed by atoms with Crippen molar-refractivity contribution in [3.8, 4) is 5.75 Å². The second-order valence-corrected chi connectivity index (χ2v) is 2.18. The van der Waals surface area contributed by atoms with Gasteiger partial charge in [0.1, 0.15) is 5.75 Å². The molecule has 0 radical (unpaired) electrons. The first-order chi connectivity index (χ1) is 6.26. The molecule has 1 aromatic rings. The Balaban J connectivity index is 0. The zero-order valence-corrected chi connectivity index (χ0v) is 8.46. The maximum atomic E-state index is 10.1. The third-order valence-corrected chi connectivity index (χ3v) is 1.19. The first-order valence-electron chi connectivity index (χ1n) is 3.78. The molecule has 0 fully saturated rings. The molecule has 4 nitrogen and oxygen atoms in total. The van der Waals surface area contributed by atoms with Gasteiger partial charge in [-0.05, 0) is 12.1 Å². The first kappa shape index (κ1) is 15.6. The van der Waals surface area contributed by atoms with Crippen LogP contribution < -0.4 is 0 Å². The summed E-state index contributed by atoms with van der Waals surface area (Å²) in [7, 11) is 0. The molecule has 0 aliphatic rings. The van der Waals surface area contributed by atoms with Gasteiger partial charge in [0.2, 0.25) is 0 Å². The Labute approximate surface area is 93.2 Å². The van der Waals surface area contributed by atoms with Crippen molar-refractivity contribution in [2.45, 2.75) is 0 Å². The molecular weight excluding hydrogens is 227 g/mol. The van der Waals surface area contributed by atoms with Gasteiger partial charge in [-0.2, -0.15) is 13.1 Å². The molecule has 0 amide bonds. The van der Waals surface area contributed by atoms with Gasteiger partial charge in [-0.25, -0.2) is 0 Å². The smallest absolute Gasteiger partial charge is 0.679 e. The van der Waals surface area contributed by atoms with E-state index in [9.17, 15) is 4.79 Å². The van der Waals surface area contributed by atoms with E-state index >= 15 is 0 Å². The van der Waals surface area contributed by atoms with Crippen molar-refractivity contribution in [2.24, 2.45) is 0 Å². The summed E-state index contributed by atoms with van der Waals surface area (Å²) in [6.07, 6.45) is 0.620. The van der Waals surface area contributed by atoms with Gasteiger partial charge in [0.25, 0.3) is 0 Å². The standard InChI is InChI=1S/C7H6O2.C2H6N2.Ni/c8-5-6-3-1-2-4-7(6)9;3-1-2-4;/h1-5,9H;3-4H,1-2H2;/q;-2;+2. The molecule has 0 bridgehead atoms. The summed E-state index contributed by atoms with van der Waals surface area (Å²) in [6.45, 7) is 0.472. The van der Waals surface area contributed by atoms with Gasteiger partial charge in [0, 0.05) is 0 Å². The minimum absolute atomic E-state index is 0. The van der Waals surface area contributed by atoms with Crippen LogP contribution in [0.1, 0.15) is 10.4 Å². The number of phenols is 1. The van der Waals surface area contributed by atoms with Crippen LogP contribution in [-0.2, 0) is 16.5 Å². The Kier molecular flexibility index (Phi) is 11.3. The Morgan fingerprint density at radius 1 is 1.21 bits per heavy atom. The molecule has 0 saturated heterocycles. The van der Waals surface area contributed by atoms with Crippen molar-refractivity contribution < 1.29 is 26.4 Å². The molecule has 0 unspecified atom stereocenters. The van der Waals surface area contributed by atoms with Crippen molar-refractivity contribution in [3.05, 3.63) is 41.3 Å². The number of aromatic hydroxyl groups is 1. The van der Waals surface area contributed by atoms with Crippen LogP contribution in [-0.4, -0.2) is 24.5 Å². The number of carbonyl (C=O) groups excluding carboxylic acids is 1. The number of hydrogen-bond donors (Lipinski definition) is 1. The number of carbonyl (C=O) groups is 1. The summed E-state index contributed by atoms with van der Waals surface area (Å²) in [5.41, 5.74) is 12.9. The fourth-order valence-corrected chi connectivity index (χ4v) is 0.587. The zero-order valence-electron chi connectivity index (χ0n) is 7.47. The summed E-state index contributed by atoms with van der Waals surface area (Å²) < 4.78 is 0. The third-order valence-electron chi connectivity index (χ3n) is 1.19. The summed E-state index contributed by atoms with van der Waals surface area (Å²) in [4.78, 5) is 10.1. The molecule has 0 aliphatic heterocycles. The summed E-state index contributed by atoms with van der Waals surface area (Å²) in [5.74, 6) is 0.0347. The molecule has 3 N–H and O–H groups in total. The Hall–Kier alpha value is -0.896. The van der Waals surface area contributed by atoms with Gasteiger partial charge in [0.15, 0.2) is 6.29 Å². The van der Waals surface area contributed by atoms with Gasteiger partial charge in [-0.3, -0.25) is 4.79 Å². The molecule has 5 heteroatoms. The molecule has 1 aromatic carbocycles. The predicted octanol–water partition coefficient (Wildman–Crippen LogP) is 2.29. The van der Waals surface area contributed by atoms with Crippen molar-refractivity contribution >= 4 is 6.29 Å². The molecule has 0 spiro atoms. The number of rotatable bonds is 2. The molecular formula is C9H12N2NiO2. The molecule has 1 rings (SSSR count). The van der Waals surface area contributed by atoms with Crippen molar-refractivity contribution in [1.82, 2.24) is 0 Å². The third kappa shape index (κ3) is 6.60. The number of phenolic OH excluding ortho intramolecular Hbond substituents is 1. The largest absolute Gasteiger partial charge is 2.00 e. The van der Waals surface area contributed by atoms with Gasteiger partial charge in [0.05, 0.1) is 5.56 Å². The van der Waals surface area contributed by atoms with E-state index in [1.807, 2.05) is 0 Å². The summed E-state index contributed by atoms with van der Waals surface area (Å²) in [5, 5.41) is 8.88. The van der Waals surface area contributed by atoms with E-state index < -0.39 is 0 Å². The minimum atomic E-state index is 0. The van der Waals surface area contributed by atoms with E-state index in [1.165, 1.54) is 6.07 Å². The van der Waals surface area contributed by atoms with Crippen LogP contribution >= 0.6 is 0 Å². The number of aldehydes is 1. The monoisotopic (exact) mass is 238 g/mol. The molecule has 0 heterocycles. The SMILES string of the molecule is O=Cc1ccccc1O.[NH-]CC[NH-].[Ni+2]. The van der Waals surface area contributed by atoms with E-state index in [0.717, 1.165) is 0 Å². The van der Waals surface area contributed by atoms with E-state index in [0.29, 0.717) is 11.8 Å². The molecule has 14 heavy (non-hydrogen) atoms. The zero-order chi connectivity index (χ0) is 10.1. The molecule has 0 saturated carbocycles. The quantitative estimate of drug-likeness (QED) is 0.633. The van der Waals surface area contributed by atoms with Crippen LogP contribution in [0.2, 0.25) is 0 Å². The van der Waals surface area contributed by atoms with Gasteiger partial charge in [-0.15, -0.1) is 0 Å². The molecule has 80 valence electrons. The van der Waals surface area contributed by atoms with Crippen molar-refractivity contribution in [2.75, 3.05) is 13.1 Å². The molecule has 0 atom stereocenters. The van der Waals surface area contributed by atoms with Gasteiger partial charge < -0.3 is 16.6 Å². The Bertz CT molecular complexity index is 254. The number of nitrogens with one attached hydrogen (secondary N) is 2. The van der Waals surface area contributed by atoms with E-state index in [4.69, 9.17) is 16.6 Å². The van der Waals surface area contributed by atoms with E-state index in [2.05, 4.69) is 0 Å². The molecule has 0 aromatic heterocycles. The second-order valence-electron chi connectivity index (χ2n) is 2.18. The summed E-state index contributed by atoms with van der Waals surface area (Å²) >= 11 is 0. The Morgan fingerprint density at radius 3 is 2.00 bits per heavy atom.